The molecule has 17 heavy (non-hydrogen) atoms. The highest BCUT2D eigenvalue weighted by molar-refractivity contribution is 6.31. The van der Waals surface area contributed by atoms with Crippen molar-refractivity contribution in [1.82, 2.24) is 19.9 Å². The van der Waals surface area contributed by atoms with Crippen molar-refractivity contribution in [2.24, 2.45) is 5.92 Å². The molecule has 1 saturated heterocycles. The Bertz CT molecular complexity index is 359. The number of piperidine rings is 1. The largest absolute Gasteiger partial charge is 0.354 e. The third-order valence-electron chi connectivity index (χ3n) is 2.97. The van der Waals surface area contributed by atoms with Crippen LogP contribution in [-0.2, 0) is 0 Å². The van der Waals surface area contributed by atoms with Gasteiger partial charge in [0.15, 0.2) is 0 Å². The number of likely N-dealkylation sites (tertiary alicyclic amines) is 1. The minimum atomic E-state index is 0.121. The monoisotopic (exact) mass is 275 g/mol. The number of hydrogen-bond acceptors (Lipinski definition) is 5. The van der Waals surface area contributed by atoms with E-state index in [1.54, 1.807) is 0 Å². The molecule has 1 fully saturated rings. The zero-order chi connectivity index (χ0) is 12.3. The summed E-state index contributed by atoms with van der Waals surface area (Å²) in [6.07, 6.45) is 2.38. The van der Waals surface area contributed by atoms with Crippen molar-refractivity contribution in [1.29, 1.82) is 0 Å². The van der Waals surface area contributed by atoms with Crippen molar-refractivity contribution in [2.45, 2.75) is 12.8 Å². The van der Waals surface area contributed by atoms with Gasteiger partial charge in [0.1, 0.15) is 0 Å². The number of nitrogens with zero attached hydrogens (tertiary/aromatic N) is 4. The third kappa shape index (κ3) is 3.94. The van der Waals surface area contributed by atoms with Crippen molar-refractivity contribution in [3.63, 3.8) is 0 Å². The second kappa shape index (κ2) is 5.80. The molecule has 0 saturated carbocycles. The van der Waals surface area contributed by atoms with Crippen LogP contribution >= 0.6 is 23.2 Å². The van der Waals surface area contributed by atoms with Gasteiger partial charge in [0.25, 0.3) is 0 Å². The summed E-state index contributed by atoms with van der Waals surface area (Å²) >= 11 is 11.4. The lowest BCUT2D eigenvalue weighted by atomic mass is 9.97. The molecular weight excluding hydrogens is 261 g/mol. The molecule has 0 aromatic carbocycles. The molecule has 0 atom stereocenters. The van der Waals surface area contributed by atoms with Gasteiger partial charge in [0, 0.05) is 6.54 Å². The number of nitrogens with one attached hydrogen (secondary N) is 1. The highest BCUT2D eigenvalue weighted by Crippen LogP contribution is 2.17. The number of anilines is 1. The van der Waals surface area contributed by atoms with E-state index in [9.17, 15) is 0 Å². The summed E-state index contributed by atoms with van der Waals surface area (Å²) in [5.74, 6) is 1.11. The molecule has 2 rings (SSSR count). The van der Waals surface area contributed by atoms with E-state index in [1.807, 2.05) is 0 Å². The number of halogens is 2. The predicted molar refractivity (Wildman–Crippen MR) is 68.6 cm³/mol. The maximum atomic E-state index is 5.70. The zero-order valence-corrected chi connectivity index (χ0v) is 11.2. The quantitative estimate of drug-likeness (QED) is 0.914. The van der Waals surface area contributed by atoms with Crippen LogP contribution in [0.3, 0.4) is 0 Å². The second-order valence-corrected chi connectivity index (χ2v) is 5.00. The normalized spacial score (nSPS) is 18.3. The van der Waals surface area contributed by atoms with Crippen LogP contribution in [0, 0.1) is 5.92 Å². The van der Waals surface area contributed by atoms with E-state index in [0.29, 0.717) is 11.9 Å². The van der Waals surface area contributed by atoms with Gasteiger partial charge in [-0.3, -0.25) is 0 Å². The molecular formula is C10H15Cl2N5. The Kier molecular flexibility index (Phi) is 4.36. The lowest BCUT2D eigenvalue weighted by molar-refractivity contribution is 0.226. The Balaban J connectivity index is 1.85. The minimum Gasteiger partial charge on any atom is -0.354 e. The van der Waals surface area contributed by atoms with Crippen molar-refractivity contribution in [3.05, 3.63) is 10.6 Å². The van der Waals surface area contributed by atoms with Gasteiger partial charge in [-0.1, -0.05) is 0 Å². The van der Waals surface area contributed by atoms with E-state index in [-0.39, 0.29) is 10.6 Å². The smallest absolute Gasteiger partial charge is 0.228 e. The Morgan fingerprint density at radius 2 is 1.76 bits per heavy atom. The van der Waals surface area contributed by atoms with Gasteiger partial charge in [-0.25, -0.2) is 0 Å². The molecule has 0 unspecified atom stereocenters. The van der Waals surface area contributed by atoms with Crippen molar-refractivity contribution in [3.8, 4) is 0 Å². The van der Waals surface area contributed by atoms with Crippen molar-refractivity contribution < 1.29 is 0 Å². The summed E-state index contributed by atoms with van der Waals surface area (Å²) in [6, 6.07) is 0. The number of hydrogen-bond donors (Lipinski definition) is 1. The van der Waals surface area contributed by atoms with E-state index in [1.165, 1.54) is 12.8 Å². The molecule has 0 amide bonds. The Morgan fingerprint density at radius 3 is 2.35 bits per heavy atom. The van der Waals surface area contributed by atoms with Gasteiger partial charge in [-0.05, 0) is 62.1 Å². The van der Waals surface area contributed by atoms with Gasteiger partial charge in [-0.15, -0.1) is 0 Å². The highest BCUT2D eigenvalue weighted by Gasteiger charge is 2.16. The molecule has 5 nitrogen and oxygen atoms in total. The SMILES string of the molecule is CN1CCC(CNc2nc(Cl)nc(Cl)n2)CC1. The van der Waals surface area contributed by atoms with E-state index >= 15 is 0 Å². The Labute approximate surface area is 111 Å². The average molecular weight is 276 g/mol. The predicted octanol–water partition coefficient (Wildman–Crippen LogP) is 1.93. The second-order valence-electron chi connectivity index (χ2n) is 4.32. The van der Waals surface area contributed by atoms with Crippen molar-refractivity contribution in [2.75, 3.05) is 32.0 Å². The average Bonchev–Trinajstić information content (AvgIpc) is 2.27. The number of aromatic nitrogens is 3. The van der Waals surface area contributed by atoms with Crippen LogP contribution in [0.25, 0.3) is 0 Å². The summed E-state index contributed by atoms with van der Waals surface area (Å²) in [6.45, 7) is 3.14. The summed E-state index contributed by atoms with van der Waals surface area (Å²) in [7, 11) is 2.15. The van der Waals surface area contributed by atoms with Gasteiger partial charge in [0.2, 0.25) is 16.5 Å². The molecule has 1 aromatic rings. The van der Waals surface area contributed by atoms with Gasteiger partial charge < -0.3 is 10.2 Å². The van der Waals surface area contributed by atoms with Gasteiger partial charge in [0.05, 0.1) is 0 Å². The Hall–Kier alpha value is -0.650. The fraction of sp³-hybridized carbons (Fsp3) is 0.700. The minimum absolute atomic E-state index is 0.121. The van der Waals surface area contributed by atoms with E-state index in [4.69, 9.17) is 23.2 Å². The van der Waals surface area contributed by atoms with Crippen LogP contribution in [0.1, 0.15) is 12.8 Å². The first-order valence-electron chi connectivity index (χ1n) is 5.63. The third-order valence-corrected chi connectivity index (χ3v) is 3.31. The standard InChI is InChI=1S/C10H15Cl2N5/c1-17-4-2-7(3-5-17)6-13-10-15-8(11)14-9(12)16-10/h7H,2-6H2,1H3,(H,13,14,15,16). The van der Waals surface area contributed by atoms with Crippen LogP contribution in [0.15, 0.2) is 0 Å². The van der Waals surface area contributed by atoms with Crippen LogP contribution in [0.4, 0.5) is 5.95 Å². The van der Waals surface area contributed by atoms with Crippen molar-refractivity contribution >= 4 is 29.2 Å². The molecule has 0 spiro atoms. The fourth-order valence-electron chi connectivity index (χ4n) is 1.91. The lowest BCUT2D eigenvalue weighted by Gasteiger charge is -2.28. The highest BCUT2D eigenvalue weighted by atomic mass is 35.5. The molecule has 1 aliphatic heterocycles. The van der Waals surface area contributed by atoms with Crippen LogP contribution in [0.2, 0.25) is 10.6 Å². The van der Waals surface area contributed by atoms with Gasteiger partial charge in [-0.2, -0.15) is 15.0 Å². The number of rotatable bonds is 3. The maximum Gasteiger partial charge on any atom is 0.228 e. The van der Waals surface area contributed by atoms with E-state index < -0.39 is 0 Å². The van der Waals surface area contributed by atoms with Crippen LogP contribution in [-0.4, -0.2) is 46.5 Å². The molecule has 1 aliphatic rings. The van der Waals surface area contributed by atoms with Crippen LogP contribution < -0.4 is 5.32 Å². The summed E-state index contributed by atoms with van der Waals surface area (Å²) in [5.41, 5.74) is 0. The lowest BCUT2D eigenvalue weighted by Crippen LogP contribution is -2.33. The molecule has 1 N–H and O–H groups in total. The summed E-state index contributed by atoms with van der Waals surface area (Å²) in [4.78, 5) is 14.0. The molecule has 0 bridgehead atoms. The molecule has 0 aliphatic carbocycles. The zero-order valence-electron chi connectivity index (χ0n) is 9.66. The van der Waals surface area contributed by atoms with Gasteiger partial charge >= 0.3 is 0 Å². The molecule has 7 heteroatoms. The molecule has 94 valence electrons. The summed E-state index contributed by atoms with van der Waals surface area (Å²) in [5, 5.41) is 3.40. The topological polar surface area (TPSA) is 53.9 Å². The Morgan fingerprint density at radius 1 is 1.18 bits per heavy atom. The van der Waals surface area contributed by atoms with E-state index in [2.05, 4.69) is 32.2 Å². The fourth-order valence-corrected chi connectivity index (χ4v) is 2.27. The maximum absolute atomic E-state index is 5.70. The first-order valence-corrected chi connectivity index (χ1v) is 6.38. The molecule has 1 aromatic heterocycles. The first-order chi connectivity index (χ1) is 8.13. The van der Waals surface area contributed by atoms with Crippen LogP contribution in [0.5, 0.6) is 0 Å². The summed E-state index contributed by atoms with van der Waals surface area (Å²) < 4.78 is 0. The first kappa shape index (κ1) is 12.8. The molecule has 2 heterocycles. The van der Waals surface area contributed by atoms with E-state index in [0.717, 1.165) is 19.6 Å². The molecule has 0 radical (unpaired) electrons.